The van der Waals surface area contributed by atoms with Crippen molar-refractivity contribution in [1.82, 2.24) is 20.0 Å². The van der Waals surface area contributed by atoms with Crippen LogP contribution in [0.2, 0.25) is 0 Å². The summed E-state index contributed by atoms with van der Waals surface area (Å²) in [5, 5.41) is 7.36. The molecule has 0 saturated heterocycles. The van der Waals surface area contributed by atoms with E-state index in [4.69, 9.17) is 10.5 Å². The maximum Gasteiger partial charge on any atom is 0.257 e. The number of hydrogen-bond acceptors (Lipinski definition) is 6. The number of nitrogens with two attached hydrogens (primary N) is 1. The lowest BCUT2D eigenvalue weighted by Crippen LogP contribution is -2.26. The van der Waals surface area contributed by atoms with Gasteiger partial charge in [-0.1, -0.05) is 42.5 Å². The minimum Gasteiger partial charge on any atom is -0.385 e. The molecule has 0 radical (unpaired) electrons. The highest BCUT2D eigenvalue weighted by Gasteiger charge is 2.23. The van der Waals surface area contributed by atoms with E-state index in [1.165, 1.54) is 4.68 Å². The number of rotatable bonds is 7. The number of carbonyl (C=O) groups is 1. The average Bonchev–Trinajstić information content (AvgIpc) is 3.04. The molecule has 4 rings (SSSR count). The van der Waals surface area contributed by atoms with Gasteiger partial charge in [-0.25, -0.2) is 9.97 Å². The molecule has 0 aliphatic heterocycles. The highest BCUT2D eigenvalue weighted by atomic mass is 16.5. The Morgan fingerprint density at radius 2 is 1.83 bits per heavy atom. The van der Waals surface area contributed by atoms with Crippen LogP contribution in [0.15, 0.2) is 59.7 Å². The van der Waals surface area contributed by atoms with Crippen molar-refractivity contribution in [1.29, 1.82) is 0 Å². The summed E-state index contributed by atoms with van der Waals surface area (Å²) in [6, 6.07) is 17.1. The number of benzene rings is 2. The fourth-order valence-electron chi connectivity index (χ4n) is 3.16. The number of hydrogen-bond donors (Lipinski definition) is 2. The summed E-state index contributed by atoms with van der Waals surface area (Å²) in [6.45, 7) is 1.02. The minimum atomic E-state index is -0.313. The summed E-state index contributed by atoms with van der Waals surface area (Å²) in [5.74, 6) is -0.122. The predicted molar refractivity (Wildman–Crippen MR) is 118 cm³/mol. The van der Waals surface area contributed by atoms with Gasteiger partial charge in [0.05, 0.1) is 17.2 Å². The number of carbonyl (C=O) groups excluding carboxylic acids is 1. The van der Waals surface area contributed by atoms with Crippen molar-refractivity contribution in [3.8, 4) is 0 Å². The molecule has 3 N–H and O–H groups in total. The standard InChI is InChI=1S/C22H22N6O2/c1-30-13-7-12-24-22(29)18-19-21(27-17-11-6-5-10-16(17)26-19)28(20(18)23)25-14-15-8-3-2-4-9-15/h2-6,8-11,14H,7,12-13,23H2,1H3,(H,24,29). The third kappa shape index (κ3) is 3.85. The Morgan fingerprint density at radius 1 is 1.13 bits per heavy atom. The molecule has 0 saturated carbocycles. The highest BCUT2D eigenvalue weighted by Crippen LogP contribution is 2.27. The molecule has 2 heterocycles. The molecule has 152 valence electrons. The molecular formula is C22H22N6O2. The van der Waals surface area contributed by atoms with E-state index in [1.54, 1.807) is 13.3 Å². The highest BCUT2D eigenvalue weighted by molar-refractivity contribution is 6.10. The van der Waals surface area contributed by atoms with Gasteiger partial charge in [0.15, 0.2) is 5.65 Å². The summed E-state index contributed by atoms with van der Waals surface area (Å²) in [7, 11) is 1.62. The number of nitrogen functional groups attached to an aromatic ring is 1. The van der Waals surface area contributed by atoms with Crippen LogP contribution < -0.4 is 11.1 Å². The number of para-hydroxylation sites is 2. The summed E-state index contributed by atoms with van der Waals surface area (Å²) in [6.07, 6.45) is 2.37. The Bertz CT molecular complexity index is 1220. The fraction of sp³-hybridized carbons (Fsp3) is 0.182. The van der Waals surface area contributed by atoms with Gasteiger partial charge in [-0.2, -0.15) is 9.78 Å². The van der Waals surface area contributed by atoms with E-state index in [9.17, 15) is 4.79 Å². The Morgan fingerprint density at radius 3 is 2.57 bits per heavy atom. The number of nitrogens with one attached hydrogen (secondary N) is 1. The zero-order valence-corrected chi connectivity index (χ0v) is 16.6. The molecule has 0 bridgehead atoms. The maximum atomic E-state index is 12.9. The summed E-state index contributed by atoms with van der Waals surface area (Å²) in [5.41, 5.74) is 9.76. The number of ether oxygens (including phenoxy) is 1. The van der Waals surface area contributed by atoms with E-state index in [1.807, 2.05) is 54.6 Å². The first-order valence-corrected chi connectivity index (χ1v) is 9.62. The lowest BCUT2D eigenvalue weighted by atomic mass is 10.2. The minimum absolute atomic E-state index is 0.191. The Balaban J connectivity index is 1.81. The largest absolute Gasteiger partial charge is 0.385 e. The zero-order chi connectivity index (χ0) is 20.9. The molecule has 2 aromatic heterocycles. The second-order valence-electron chi connectivity index (χ2n) is 6.71. The van der Waals surface area contributed by atoms with Gasteiger partial charge in [-0.15, -0.1) is 0 Å². The topological polar surface area (TPSA) is 107 Å². The van der Waals surface area contributed by atoms with Gasteiger partial charge in [0.25, 0.3) is 5.91 Å². The molecule has 0 unspecified atom stereocenters. The van der Waals surface area contributed by atoms with E-state index < -0.39 is 0 Å². The average molecular weight is 402 g/mol. The van der Waals surface area contributed by atoms with Crippen LogP contribution in [0.25, 0.3) is 22.2 Å². The van der Waals surface area contributed by atoms with Crippen molar-refractivity contribution >= 4 is 40.1 Å². The maximum absolute atomic E-state index is 12.9. The first kappa shape index (κ1) is 19.5. The lowest BCUT2D eigenvalue weighted by molar-refractivity contribution is 0.0951. The molecule has 8 nitrogen and oxygen atoms in total. The molecule has 1 amide bonds. The smallest absolute Gasteiger partial charge is 0.257 e. The fourth-order valence-corrected chi connectivity index (χ4v) is 3.16. The predicted octanol–water partition coefficient (Wildman–Crippen LogP) is 2.82. The van der Waals surface area contributed by atoms with E-state index >= 15 is 0 Å². The Kier molecular flexibility index (Phi) is 5.67. The van der Waals surface area contributed by atoms with Gasteiger partial charge in [0, 0.05) is 20.3 Å². The van der Waals surface area contributed by atoms with Crippen LogP contribution in [0.3, 0.4) is 0 Å². The van der Waals surface area contributed by atoms with Crippen LogP contribution in [-0.2, 0) is 4.74 Å². The molecule has 0 aliphatic rings. The van der Waals surface area contributed by atoms with Crippen molar-refractivity contribution < 1.29 is 9.53 Å². The zero-order valence-electron chi connectivity index (χ0n) is 16.6. The van der Waals surface area contributed by atoms with Crippen LogP contribution in [0.4, 0.5) is 5.82 Å². The number of fused-ring (bicyclic) bond motifs is 2. The molecule has 0 fully saturated rings. The molecule has 4 aromatic rings. The van der Waals surface area contributed by atoms with E-state index in [2.05, 4.69) is 20.4 Å². The van der Waals surface area contributed by atoms with E-state index in [0.29, 0.717) is 41.8 Å². The van der Waals surface area contributed by atoms with E-state index in [0.717, 1.165) is 5.56 Å². The van der Waals surface area contributed by atoms with Crippen LogP contribution in [-0.4, -0.2) is 47.0 Å². The third-order valence-electron chi connectivity index (χ3n) is 4.63. The number of anilines is 1. The monoisotopic (exact) mass is 402 g/mol. The number of amides is 1. The van der Waals surface area contributed by atoms with Gasteiger partial charge in [0.2, 0.25) is 0 Å². The molecule has 0 aliphatic carbocycles. The van der Waals surface area contributed by atoms with Gasteiger partial charge in [-0.05, 0) is 24.1 Å². The summed E-state index contributed by atoms with van der Waals surface area (Å²) in [4.78, 5) is 22.2. The van der Waals surface area contributed by atoms with Crippen LogP contribution in [0.1, 0.15) is 22.3 Å². The van der Waals surface area contributed by atoms with Crippen LogP contribution in [0, 0.1) is 0 Å². The van der Waals surface area contributed by atoms with Crippen LogP contribution >= 0.6 is 0 Å². The first-order chi connectivity index (χ1) is 14.7. The van der Waals surface area contributed by atoms with Crippen LogP contribution in [0.5, 0.6) is 0 Å². The summed E-state index contributed by atoms with van der Waals surface area (Å²) < 4.78 is 6.49. The van der Waals surface area contributed by atoms with Gasteiger partial charge in [-0.3, -0.25) is 4.79 Å². The van der Waals surface area contributed by atoms with Crippen molar-refractivity contribution in [3.05, 3.63) is 65.7 Å². The second-order valence-corrected chi connectivity index (χ2v) is 6.71. The van der Waals surface area contributed by atoms with Crippen molar-refractivity contribution in [2.75, 3.05) is 26.0 Å². The first-order valence-electron chi connectivity index (χ1n) is 9.62. The Hall–Kier alpha value is -3.78. The summed E-state index contributed by atoms with van der Waals surface area (Å²) >= 11 is 0. The normalized spacial score (nSPS) is 11.5. The lowest BCUT2D eigenvalue weighted by Gasteiger charge is -2.05. The van der Waals surface area contributed by atoms with Gasteiger partial charge in [0.1, 0.15) is 16.9 Å². The third-order valence-corrected chi connectivity index (χ3v) is 4.63. The Labute approximate surface area is 173 Å². The molecule has 2 aromatic carbocycles. The van der Waals surface area contributed by atoms with Crippen molar-refractivity contribution in [3.63, 3.8) is 0 Å². The van der Waals surface area contributed by atoms with E-state index in [-0.39, 0.29) is 17.3 Å². The molecular weight excluding hydrogens is 380 g/mol. The van der Waals surface area contributed by atoms with Crippen molar-refractivity contribution in [2.45, 2.75) is 6.42 Å². The molecule has 0 spiro atoms. The molecule has 8 heteroatoms. The van der Waals surface area contributed by atoms with Gasteiger partial charge >= 0.3 is 0 Å². The number of nitrogens with zero attached hydrogens (tertiary/aromatic N) is 4. The quantitative estimate of drug-likeness (QED) is 0.365. The number of methoxy groups -OCH3 is 1. The molecule has 0 atom stereocenters. The van der Waals surface area contributed by atoms with Gasteiger partial charge < -0.3 is 15.8 Å². The second kappa shape index (κ2) is 8.71. The number of aromatic nitrogens is 3. The SMILES string of the molecule is COCCCNC(=O)c1c(N)n(N=Cc2ccccc2)c2nc3ccccc3nc12. The van der Waals surface area contributed by atoms with Crippen molar-refractivity contribution in [2.24, 2.45) is 5.10 Å². The molecule has 30 heavy (non-hydrogen) atoms.